The highest BCUT2D eigenvalue weighted by molar-refractivity contribution is 5.42. The molecule has 1 heterocycles. The Bertz CT molecular complexity index is 571. The molecule has 0 fully saturated rings. The summed E-state index contributed by atoms with van der Waals surface area (Å²) in [5, 5.41) is 7.21. The molecule has 0 aliphatic rings. The molecule has 0 spiro atoms. The van der Waals surface area contributed by atoms with Crippen LogP contribution in [0.25, 0.3) is 0 Å². The van der Waals surface area contributed by atoms with E-state index in [4.69, 9.17) is 0 Å². The van der Waals surface area contributed by atoms with Crippen molar-refractivity contribution in [1.29, 1.82) is 0 Å². The van der Waals surface area contributed by atoms with Crippen LogP contribution in [0.3, 0.4) is 0 Å². The highest BCUT2D eigenvalue weighted by Crippen LogP contribution is 2.08. The number of nitrogens with zero attached hydrogens (tertiary/aromatic N) is 2. The Balaban J connectivity index is 2.04. The second kappa shape index (κ2) is 5.03. The summed E-state index contributed by atoms with van der Waals surface area (Å²) in [4.78, 5) is 14.2. The maximum atomic E-state index is 12.7. The van der Waals surface area contributed by atoms with Gasteiger partial charge in [0.1, 0.15) is 11.6 Å². The van der Waals surface area contributed by atoms with Crippen molar-refractivity contribution in [2.75, 3.05) is 5.32 Å². The summed E-state index contributed by atoms with van der Waals surface area (Å²) in [5.41, 5.74) is 0.553. The lowest BCUT2D eigenvalue weighted by atomic mass is 10.3. The van der Waals surface area contributed by atoms with E-state index in [1.807, 2.05) is 13.8 Å². The first kappa shape index (κ1) is 12.3. The Morgan fingerprint density at radius 1 is 1.39 bits per heavy atom. The van der Waals surface area contributed by atoms with Crippen LogP contribution in [0.1, 0.15) is 25.7 Å². The molecule has 2 N–H and O–H groups in total. The summed E-state index contributed by atoms with van der Waals surface area (Å²) in [7, 11) is 0. The molecule has 0 amide bonds. The van der Waals surface area contributed by atoms with Gasteiger partial charge in [-0.3, -0.25) is 4.98 Å². The Morgan fingerprint density at radius 3 is 2.61 bits per heavy atom. The smallest absolute Gasteiger partial charge is 0.343 e. The van der Waals surface area contributed by atoms with E-state index in [0.717, 1.165) is 5.69 Å². The fraction of sp³-hybridized carbons (Fsp3) is 0.333. The minimum Gasteiger partial charge on any atom is -0.378 e. The number of aromatic nitrogens is 3. The quantitative estimate of drug-likeness (QED) is 0.871. The lowest BCUT2D eigenvalue weighted by molar-refractivity contribution is 0.510. The van der Waals surface area contributed by atoms with Crippen LogP contribution >= 0.6 is 0 Å². The van der Waals surface area contributed by atoms with E-state index in [1.165, 1.54) is 16.8 Å². The van der Waals surface area contributed by atoms with E-state index < -0.39 is 0 Å². The second-order valence-corrected chi connectivity index (χ2v) is 4.28. The molecule has 18 heavy (non-hydrogen) atoms. The highest BCUT2D eigenvalue weighted by Gasteiger charge is 2.07. The van der Waals surface area contributed by atoms with E-state index in [2.05, 4.69) is 15.4 Å². The number of rotatable bonds is 4. The number of H-pyrrole nitrogens is 1. The van der Waals surface area contributed by atoms with Crippen molar-refractivity contribution in [1.82, 2.24) is 14.8 Å². The first-order valence-corrected chi connectivity index (χ1v) is 5.73. The largest absolute Gasteiger partial charge is 0.378 e. The van der Waals surface area contributed by atoms with Gasteiger partial charge in [0.05, 0.1) is 12.6 Å². The number of hydrogen-bond donors (Lipinski definition) is 2. The van der Waals surface area contributed by atoms with Crippen LogP contribution in [0, 0.1) is 5.82 Å². The average Bonchev–Trinajstić information content (AvgIpc) is 2.70. The highest BCUT2D eigenvalue weighted by atomic mass is 19.1. The molecule has 0 aliphatic heterocycles. The van der Waals surface area contributed by atoms with E-state index in [9.17, 15) is 9.18 Å². The van der Waals surface area contributed by atoms with Crippen molar-refractivity contribution >= 4 is 5.69 Å². The van der Waals surface area contributed by atoms with Crippen LogP contribution in [0.5, 0.6) is 0 Å². The zero-order valence-electron chi connectivity index (χ0n) is 10.3. The van der Waals surface area contributed by atoms with Gasteiger partial charge < -0.3 is 5.32 Å². The van der Waals surface area contributed by atoms with Gasteiger partial charge in [-0.05, 0) is 38.1 Å². The van der Waals surface area contributed by atoms with Crippen molar-refractivity contribution in [3.63, 3.8) is 0 Å². The lowest BCUT2D eigenvalue weighted by Gasteiger charge is -2.04. The number of aromatic amines is 1. The van der Waals surface area contributed by atoms with Crippen LogP contribution in [0.2, 0.25) is 0 Å². The topological polar surface area (TPSA) is 62.7 Å². The zero-order chi connectivity index (χ0) is 13.1. The summed E-state index contributed by atoms with van der Waals surface area (Å²) in [6.45, 7) is 4.17. The molecule has 96 valence electrons. The van der Waals surface area contributed by atoms with E-state index in [0.29, 0.717) is 12.4 Å². The third-order valence-electron chi connectivity index (χ3n) is 2.48. The molecule has 1 aromatic heterocycles. The molecule has 2 aromatic rings. The summed E-state index contributed by atoms with van der Waals surface area (Å²) in [6.07, 6.45) is 0. The molecular formula is C12H15FN4O. The number of hydrogen-bond acceptors (Lipinski definition) is 3. The number of halogens is 1. The summed E-state index contributed by atoms with van der Waals surface area (Å²) in [6, 6.07) is 6.03. The number of nitrogens with one attached hydrogen (secondary N) is 2. The summed E-state index contributed by atoms with van der Waals surface area (Å²) in [5.74, 6) is 0.274. The predicted octanol–water partition coefficient (Wildman–Crippen LogP) is 1.90. The van der Waals surface area contributed by atoms with Gasteiger partial charge in [0.15, 0.2) is 0 Å². The van der Waals surface area contributed by atoms with Gasteiger partial charge in [0.25, 0.3) is 0 Å². The van der Waals surface area contributed by atoms with Gasteiger partial charge in [-0.1, -0.05) is 0 Å². The monoisotopic (exact) mass is 250 g/mol. The average molecular weight is 250 g/mol. The Hall–Kier alpha value is -2.11. The second-order valence-electron chi connectivity index (χ2n) is 4.28. The standard InChI is InChI=1S/C12H15FN4O/c1-8(2)17-12(18)15-11(16-17)7-14-10-5-3-9(13)4-6-10/h3-6,8,14H,7H2,1-2H3,(H,15,16,18). The van der Waals surface area contributed by atoms with E-state index in [1.54, 1.807) is 12.1 Å². The molecule has 0 saturated carbocycles. The molecule has 0 atom stereocenters. The molecule has 5 nitrogen and oxygen atoms in total. The van der Waals surface area contributed by atoms with Crippen LogP contribution in [-0.4, -0.2) is 14.8 Å². The normalized spacial score (nSPS) is 10.9. The molecule has 6 heteroatoms. The van der Waals surface area contributed by atoms with Crippen LogP contribution < -0.4 is 11.0 Å². The van der Waals surface area contributed by atoms with Crippen molar-refractivity contribution in [2.45, 2.75) is 26.4 Å². The Labute approximate surface area is 104 Å². The van der Waals surface area contributed by atoms with Gasteiger partial charge in [0.2, 0.25) is 0 Å². The SMILES string of the molecule is CC(C)n1nc(CNc2ccc(F)cc2)[nH]c1=O. The fourth-order valence-electron chi connectivity index (χ4n) is 1.56. The molecular weight excluding hydrogens is 235 g/mol. The molecule has 2 rings (SSSR count). The number of anilines is 1. The molecule has 0 radical (unpaired) electrons. The van der Waals surface area contributed by atoms with E-state index >= 15 is 0 Å². The molecule has 1 aromatic carbocycles. The van der Waals surface area contributed by atoms with Crippen LogP contribution in [0.4, 0.5) is 10.1 Å². The third kappa shape index (κ3) is 2.77. The van der Waals surface area contributed by atoms with Gasteiger partial charge >= 0.3 is 5.69 Å². The Morgan fingerprint density at radius 2 is 2.06 bits per heavy atom. The first-order chi connectivity index (χ1) is 8.56. The summed E-state index contributed by atoms with van der Waals surface area (Å²) < 4.78 is 14.1. The predicted molar refractivity (Wildman–Crippen MR) is 67.0 cm³/mol. The van der Waals surface area contributed by atoms with Crippen molar-refractivity contribution in [2.24, 2.45) is 0 Å². The third-order valence-corrected chi connectivity index (χ3v) is 2.48. The molecule has 0 aliphatic carbocycles. The molecule has 0 saturated heterocycles. The van der Waals surface area contributed by atoms with E-state index in [-0.39, 0.29) is 17.5 Å². The number of benzene rings is 1. The van der Waals surface area contributed by atoms with Gasteiger partial charge in [0, 0.05) is 5.69 Å². The summed E-state index contributed by atoms with van der Waals surface area (Å²) >= 11 is 0. The lowest BCUT2D eigenvalue weighted by Crippen LogP contribution is -2.19. The Kier molecular flexibility index (Phi) is 3.45. The van der Waals surface area contributed by atoms with Crippen molar-refractivity contribution in [3.8, 4) is 0 Å². The van der Waals surface area contributed by atoms with Crippen LogP contribution in [0.15, 0.2) is 29.1 Å². The first-order valence-electron chi connectivity index (χ1n) is 5.73. The van der Waals surface area contributed by atoms with Crippen LogP contribution in [-0.2, 0) is 6.54 Å². The molecule has 0 bridgehead atoms. The maximum absolute atomic E-state index is 12.7. The minimum atomic E-state index is -0.280. The minimum absolute atomic E-state index is 0.0216. The zero-order valence-corrected chi connectivity index (χ0v) is 10.3. The van der Waals surface area contributed by atoms with Gasteiger partial charge in [-0.2, -0.15) is 5.10 Å². The van der Waals surface area contributed by atoms with Gasteiger partial charge in [-0.15, -0.1) is 0 Å². The van der Waals surface area contributed by atoms with Gasteiger partial charge in [-0.25, -0.2) is 13.9 Å². The molecule has 0 unspecified atom stereocenters. The maximum Gasteiger partial charge on any atom is 0.343 e. The fourth-order valence-corrected chi connectivity index (χ4v) is 1.56. The van der Waals surface area contributed by atoms with Crippen molar-refractivity contribution in [3.05, 3.63) is 46.4 Å². The van der Waals surface area contributed by atoms with Crippen molar-refractivity contribution < 1.29 is 4.39 Å².